The van der Waals surface area contributed by atoms with Crippen LogP contribution in [0.5, 0.6) is 11.5 Å². The second-order valence-electron chi connectivity index (χ2n) is 6.95. The molecule has 1 aromatic heterocycles. The molecule has 0 radical (unpaired) electrons. The van der Waals surface area contributed by atoms with Crippen molar-refractivity contribution in [1.29, 1.82) is 0 Å². The van der Waals surface area contributed by atoms with E-state index in [0.717, 1.165) is 42.3 Å². The third-order valence-electron chi connectivity index (χ3n) is 4.93. The summed E-state index contributed by atoms with van der Waals surface area (Å²) < 4.78 is 10.8. The number of methoxy groups -OCH3 is 2. The normalized spacial score (nSPS) is 11.1. The molecule has 0 amide bonds. The highest BCUT2D eigenvalue weighted by Gasteiger charge is 2.13. The van der Waals surface area contributed by atoms with Crippen LogP contribution in [0.1, 0.15) is 63.5 Å². The van der Waals surface area contributed by atoms with Crippen LogP contribution in [0.25, 0.3) is 10.9 Å². The van der Waals surface area contributed by atoms with E-state index in [9.17, 15) is 0 Å². The summed E-state index contributed by atoms with van der Waals surface area (Å²) >= 11 is 6.41. The second-order valence-corrected chi connectivity index (χ2v) is 7.33. The van der Waals surface area contributed by atoms with E-state index >= 15 is 0 Å². The molecule has 0 aliphatic heterocycles. The average molecular weight is 394 g/mol. The van der Waals surface area contributed by atoms with Crippen LogP contribution in [0.4, 0.5) is 0 Å². The van der Waals surface area contributed by atoms with Gasteiger partial charge in [0.15, 0.2) is 0 Å². The number of ether oxygens (including phenoxy) is 2. The van der Waals surface area contributed by atoms with Crippen LogP contribution in [-0.4, -0.2) is 30.9 Å². The molecule has 0 aliphatic rings. The Morgan fingerprint density at radius 1 is 0.852 bits per heavy atom. The number of benzene rings is 1. The molecule has 0 unspecified atom stereocenters. The highest BCUT2D eigenvalue weighted by Crippen LogP contribution is 2.38. The number of aliphatic hydroxyl groups excluding tert-OH is 1. The average Bonchev–Trinajstić information content (AvgIpc) is 2.69. The molecule has 1 aromatic carbocycles. The fraction of sp³-hybridized carbons (Fsp3) is 0.591. The predicted molar refractivity (Wildman–Crippen MR) is 112 cm³/mol. The fourth-order valence-corrected chi connectivity index (χ4v) is 3.63. The molecule has 2 aromatic rings. The third-order valence-corrected chi connectivity index (χ3v) is 5.32. The monoisotopic (exact) mass is 393 g/mol. The van der Waals surface area contributed by atoms with Crippen LogP contribution in [0.15, 0.2) is 18.2 Å². The summed E-state index contributed by atoms with van der Waals surface area (Å²) in [6.45, 7) is 0.328. The molecule has 1 heterocycles. The summed E-state index contributed by atoms with van der Waals surface area (Å²) in [5.74, 6) is 1.29. The molecule has 1 N–H and O–H groups in total. The van der Waals surface area contributed by atoms with E-state index in [1.54, 1.807) is 20.3 Å². The zero-order valence-electron chi connectivity index (χ0n) is 16.6. The molecule has 150 valence electrons. The molecule has 5 heteroatoms. The predicted octanol–water partition coefficient (Wildman–Crippen LogP) is 5.95. The maximum atomic E-state index is 8.76. The number of fused-ring (bicyclic) bond motifs is 1. The van der Waals surface area contributed by atoms with Crippen molar-refractivity contribution in [3.63, 3.8) is 0 Å². The van der Waals surface area contributed by atoms with Crippen molar-refractivity contribution in [3.8, 4) is 11.5 Å². The molecule has 0 fully saturated rings. The summed E-state index contributed by atoms with van der Waals surface area (Å²) in [6.07, 6.45) is 11.9. The number of unbranched alkanes of at least 4 members (excludes halogenated alkanes) is 8. The van der Waals surface area contributed by atoms with Gasteiger partial charge in [-0.25, -0.2) is 4.98 Å². The van der Waals surface area contributed by atoms with Gasteiger partial charge in [0.1, 0.15) is 17.0 Å². The molecule has 0 aliphatic carbocycles. The number of hydrogen-bond donors (Lipinski definition) is 1. The van der Waals surface area contributed by atoms with Gasteiger partial charge in [0, 0.05) is 23.8 Å². The van der Waals surface area contributed by atoms with E-state index in [0.29, 0.717) is 23.1 Å². The van der Waals surface area contributed by atoms with Gasteiger partial charge >= 0.3 is 0 Å². The highest BCUT2D eigenvalue weighted by atomic mass is 35.5. The Morgan fingerprint density at radius 3 is 2.04 bits per heavy atom. The number of rotatable bonds is 13. The van der Waals surface area contributed by atoms with Crippen molar-refractivity contribution >= 4 is 22.5 Å². The van der Waals surface area contributed by atoms with Crippen molar-refractivity contribution in [1.82, 2.24) is 4.98 Å². The first-order valence-electron chi connectivity index (χ1n) is 10.0. The molecule has 0 saturated carbocycles. The third kappa shape index (κ3) is 6.54. The molecule has 0 spiro atoms. The lowest BCUT2D eigenvalue weighted by Gasteiger charge is -2.12. The standard InChI is InChI=1S/C22H32ClNO3/c1-26-19-16-20(27-2)22-18(21(19)23)14-13-17(24-22)12-10-8-6-4-3-5-7-9-11-15-25/h13-14,16,25H,3-12,15H2,1-2H3. The molecular formula is C22H32ClNO3. The van der Waals surface area contributed by atoms with Crippen molar-refractivity contribution in [2.24, 2.45) is 0 Å². The molecule has 27 heavy (non-hydrogen) atoms. The Bertz CT molecular complexity index is 706. The summed E-state index contributed by atoms with van der Waals surface area (Å²) in [7, 11) is 3.24. The van der Waals surface area contributed by atoms with E-state index in [2.05, 4.69) is 0 Å². The van der Waals surface area contributed by atoms with Crippen LogP contribution >= 0.6 is 11.6 Å². The minimum Gasteiger partial charge on any atom is -0.495 e. The molecular weight excluding hydrogens is 362 g/mol. The Hall–Kier alpha value is -1.52. The Balaban J connectivity index is 1.80. The fourth-order valence-electron chi connectivity index (χ4n) is 3.35. The van der Waals surface area contributed by atoms with E-state index in [1.165, 1.54) is 38.5 Å². The van der Waals surface area contributed by atoms with Crippen LogP contribution in [0, 0.1) is 0 Å². The first-order valence-corrected chi connectivity index (χ1v) is 10.4. The van der Waals surface area contributed by atoms with Crippen LogP contribution in [0.2, 0.25) is 5.02 Å². The van der Waals surface area contributed by atoms with Gasteiger partial charge in [-0.2, -0.15) is 0 Å². The summed E-state index contributed by atoms with van der Waals surface area (Å²) in [5, 5.41) is 10.2. The second kappa shape index (κ2) is 12.0. The quantitative estimate of drug-likeness (QED) is 0.427. The van der Waals surface area contributed by atoms with Crippen LogP contribution < -0.4 is 9.47 Å². The lowest BCUT2D eigenvalue weighted by molar-refractivity contribution is 0.282. The van der Waals surface area contributed by atoms with E-state index in [4.69, 9.17) is 31.2 Å². The first kappa shape index (κ1) is 21.8. The smallest absolute Gasteiger partial charge is 0.148 e. The Kier molecular flexibility index (Phi) is 9.71. The number of pyridine rings is 1. The molecule has 2 rings (SSSR count). The van der Waals surface area contributed by atoms with Crippen molar-refractivity contribution < 1.29 is 14.6 Å². The van der Waals surface area contributed by atoms with Gasteiger partial charge in [0.2, 0.25) is 0 Å². The van der Waals surface area contributed by atoms with Gasteiger partial charge in [-0.05, 0) is 31.4 Å². The number of nitrogens with zero attached hydrogens (tertiary/aromatic N) is 1. The number of aryl methyl sites for hydroxylation is 1. The van der Waals surface area contributed by atoms with Gasteiger partial charge in [0.05, 0.1) is 19.2 Å². The highest BCUT2D eigenvalue weighted by molar-refractivity contribution is 6.37. The minimum atomic E-state index is 0.328. The van der Waals surface area contributed by atoms with E-state index in [1.807, 2.05) is 12.1 Å². The SMILES string of the molecule is COc1cc(OC)c2nc(CCCCCCCCCCCO)ccc2c1Cl. The van der Waals surface area contributed by atoms with Gasteiger partial charge < -0.3 is 14.6 Å². The Labute approximate surface area is 167 Å². The van der Waals surface area contributed by atoms with Gasteiger partial charge in [-0.15, -0.1) is 0 Å². The zero-order valence-corrected chi connectivity index (χ0v) is 17.4. The molecule has 0 atom stereocenters. The van der Waals surface area contributed by atoms with E-state index < -0.39 is 0 Å². The van der Waals surface area contributed by atoms with Crippen molar-refractivity contribution in [3.05, 3.63) is 28.9 Å². The number of hydrogen-bond acceptors (Lipinski definition) is 4. The number of aliphatic hydroxyl groups is 1. The minimum absolute atomic E-state index is 0.328. The number of halogens is 1. The lowest BCUT2D eigenvalue weighted by atomic mass is 10.1. The van der Waals surface area contributed by atoms with Gasteiger partial charge in [-0.1, -0.05) is 56.5 Å². The molecule has 4 nitrogen and oxygen atoms in total. The maximum Gasteiger partial charge on any atom is 0.148 e. The maximum absolute atomic E-state index is 8.76. The van der Waals surface area contributed by atoms with Crippen LogP contribution in [0.3, 0.4) is 0 Å². The van der Waals surface area contributed by atoms with E-state index in [-0.39, 0.29) is 0 Å². The summed E-state index contributed by atoms with van der Waals surface area (Å²) in [4.78, 5) is 4.77. The topological polar surface area (TPSA) is 51.6 Å². The van der Waals surface area contributed by atoms with Gasteiger partial charge in [-0.3, -0.25) is 0 Å². The summed E-state index contributed by atoms with van der Waals surface area (Å²) in [5.41, 5.74) is 1.87. The van der Waals surface area contributed by atoms with Crippen LogP contribution in [-0.2, 0) is 6.42 Å². The Morgan fingerprint density at radius 2 is 1.44 bits per heavy atom. The number of aromatic nitrogens is 1. The first-order chi connectivity index (χ1) is 13.2. The van der Waals surface area contributed by atoms with Gasteiger partial charge in [0.25, 0.3) is 0 Å². The summed E-state index contributed by atoms with van der Waals surface area (Å²) in [6, 6.07) is 5.85. The lowest BCUT2D eigenvalue weighted by Crippen LogP contribution is -1.96. The molecule has 0 bridgehead atoms. The van der Waals surface area contributed by atoms with Crippen molar-refractivity contribution in [2.75, 3.05) is 20.8 Å². The van der Waals surface area contributed by atoms with Crippen molar-refractivity contribution in [2.45, 2.75) is 64.2 Å². The molecule has 0 saturated heterocycles. The zero-order chi connectivity index (χ0) is 19.5. The largest absolute Gasteiger partial charge is 0.495 e.